The second kappa shape index (κ2) is 27.8. The van der Waals surface area contributed by atoms with Gasteiger partial charge < -0.3 is 50.2 Å². The average molecular weight is 749 g/mol. The molecule has 0 aliphatic rings. The van der Waals surface area contributed by atoms with Crippen molar-refractivity contribution < 1.29 is 58.2 Å². The van der Waals surface area contributed by atoms with Crippen LogP contribution in [0.1, 0.15) is 49.9 Å². The molecule has 6 N–H and O–H groups in total. The van der Waals surface area contributed by atoms with Crippen LogP contribution in [0.3, 0.4) is 0 Å². The van der Waals surface area contributed by atoms with Crippen LogP contribution in [0.4, 0.5) is 4.79 Å². The van der Waals surface area contributed by atoms with Crippen molar-refractivity contribution in [3.05, 3.63) is 60.2 Å². The number of hydrogen-bond acceptors (Lipinski definition) is 12. The Labute approximate surface area is 308 Å². The number of rotatable bonds is 31. The van der Waals surface area contributed by atoms with Crippen LogP contribution >= 0.6 is 0 Å². The zero-order valence-corrected chi connectivity index (χ0v) is 29.9. The summed E-state index contributed by atoms with van der Waals surface area (Å²) in [5.41, 5.74) is 1.96. The van der Waals surface area contributed by atoms with Gasteiger partial charge in [-0.2, -0.15) is 0 Å². The van der Waals surface area contributed by atoms with E-state index in [9.17, 15) is 29.1 Å². The topological polar surface area (TPSA) is 248 Å². The van der Waals surface area contributed by atoms with Gasteiger partial charge in [0.15, 0.2) is 0 Å². The van der Waals surface area contributed by atoms with Crippen molar-refractivity contribution in [2.45, 2.75) is 63.7 Å². The molecule has 0 aliphatic carbocycles. The minimum absolute atomic E-state index is 0.0356. The van der Waals surface area contributed by atoms with E-state index in [0.29, 0.717) is 72.2 Å². The van der Waals surface area contributed by atoms with Crippen LogP contribution in [0.5, 0.6) is 0 Å². The van der Waals surface area contributed by atoms with Crippen molar-refractivity contribution in [3.63, 3.8) is 0 Å². The minimum atomic E-state index is -1.48. The first kappa shape index (κ1) is 44.4. The first-order valence-corrected chi connectivity index (χ1v) is 17.5. The van der Waals surface area contributed by atoms with E-state index < -0.39 is 42.4 Å². The van der Waals surface area contributed by atoms with Crippen molar-refractivity contribution in [2.75, 3.05) is 65.9 Å². The van der Waals surface area contributed by atoms with Crippen LogP contribution in [0.15, 0.2) is 48.8 Å². The van der Waals surface area contributed by atoms with E-state index >= 15 is 0 Å². The molecule has 2 atom stereocenters. The van der Waals surface area contributed by atoms with Gasteiger partial charge in [0, 0.05) is 51.4 Å². The van der Waals surface area contributed by atoms with Gasteiger partial charge in [0.05, 0.1) is 64.2 Å². The Kier molecular flexibility index (Phi) is 23.3. The number of ether oxygens (including phenoxy) is 4. The molecule has 0 radical (unpaired) electrons. The quantitative estimate of drug-likeness (QED) is 0.0595. The normalized spacial score (nSPS) is 12.2. The lowest BCUT2D eigenvalue weighted by Crippen LogP contribution is -2.51. The molecule has 0 aliphatic heterocycles. The molecular weight excluding hydrogens is 696 g/mol. The van der Waals surface area contributed by atoms with E-state index in [4.69, 9.17) is 29.2 Å². The first-order chi connectivity index (χ1) is 25.6. The van der Waals surface area contributed by atoms with Gasteiger partial charge in [0.1, 0.15) is 12.1 Å². The van der Waals surface area contributed by atoms with Crippen LogP contribution in [0, 0.1) is 0 Å². The number of unbranched alkanes of at least 4 members (excludes halogenated alkanes) is 1. The third kappa shape index (κ3) is 22.7. The van der Waals surface area contributed by atoms with Crippen LogP contribution in [0.25, 0.3) is 0 Å². The summed E-state index contributed by atoms with van der Waals surface area (Å²) in [5, 5.41) is 34.2. The SMILES string of the molecule is O=C(O)CCC(NC(=O)NC(CCCCNC(=O)CCOCCOCCOCCOCCN(Cc1ccccn1)Cc1ccccn1)C(=O)O)C(=O)O. The standard InChI is InChI=1S/C35H52N6O12/c42-31(38-15-6-3-9-29(33(45)46)39-35(49)40-30(34(47)48)10-11-32(43)44)12-17-50-19-21-52-23-24-53-22-20-51-18-16-41(25-27-7-1-4-13-36-27)26-28-8-2-5-14-37-28/h1-2,4-5,7-8,13-14,29-30H,3,6,9-12,15-26H2,(H,38,42)(H,43,44)(H,45,46)(H,47,48)(H2,39,40,49). The molecule has 0 spiro atoms. The molecule has 3 amide bonds. The van der Waals surface area contributed by atoms with Gasteiger partial charge in [-0.3, -0.25) is 24.5 Å². The highest BCUT2D eigenvalue weighted by Crippen LogP contribution is 2.07. The summed E-state index contributed by atoms with van der Waals surface area (Å²) in [5.74, 6) is -4.21. The second-order valence-corrected chi connectivity index (χ2v) is 11.7. The maximum Gasteiger partial charge on any atom is 0.326 e. The molecule has 53 heavy (non-hydrogen) atoms. The predicted octanol–water partition coefficient (Wildman–Crippen LogP) is 1.29. The fourth-order valence-electron chi connectivity index (χ4n) is 4.71. The summed E-state index contributed by atoms with van der Waals surface area (Å²) >= 11 is 0. The van der Waals surface area contributed by atoms with Crippen LogP contribution < -0.4 is 16.0 Å². The second-order valence-electron chi connectivity index (χ2n) is 11.7. The van der Waals surface area contributed by atoms with Gasteiger partial charge in [-0.05, 0) is 49.9 Å². The molecule has 18 heteroatoms. The Hall–Kier alpha value is -4.75. The Morgan fingerprint density at radius 1 is 0.642 bits per heavy atom. The number of aliphatic carboxylic acids is 3. The molecule has 2 aromatic heterocycles. The number of nitrogens with zero attached hydrogens (tertiary/aromatic N) is 3. The van der Waals surface area contributed by atoms with Crippen molar-refractivity contribution >= 4 is 29.8 Å². The van der Waals surface area contributed by atoms with Crippen molar-refractivity contribution in [3.8, 4) is 0 Å². The van der Waals surface area contributed by atoms with E-state index in [1.165, 1.54) is 0 Å². The number of aromatic nitrogens is 2. The number of carbonyl (C=O) groups excluding carboxylic acids is 2. The lowest BCUT2D eigenvalue weighted by Gasteiger charge is -2.21. The van der Waals surface area contributed by atoms with Crippen LogP contribution in [0.2, 0.25) is 0 Å². The Morgan fingerprint density at radius 2 is 1.15 bits per heavy atom. The van der Waals surface area contributed by atoms with Crippen LogP contribution in [-0.4, -0.2) is 138 Å². The highest BCUT2D eigenvalue weighted by Gasteiger charge is 2.24. The number of carboxylic acids is 3. The Bertz CT molecular complexity index is 1300. The minimum Gasteiger partial charge on any atom is -0.481 e. The summed E-state index contributed by atoms with van der Waals surface area (Å²) in [6.07, 6.45) is 3.70. The highest BCUT2D eigenvalue weighted by atomic mass is 16.6. The highest BCUT2D eigenvalue weighted by molar-refractivity contribution is 5.86. The van der Waals surface area contributed by atoms with Gasteiger partial charge in [-0.15, -0.1) is 0 Å². The van der Waals surface area contributed by atoms with Gasteiger partial charge in [0.2, 0.25) is 5.91 Å². The van der Waals surface area contributed by atoms with Gasteiger partial charge >= 0.3 is 23.9 Å². The van der Waals surface area contributed by atoms with E-state index in [1.54, 1.807) is 12.4 Å². The molecular formula is C35H52N6O12. The molecule has 0 saturated carbocycles. The maximum absolute atomic E-state index is 12.1. The van der Waals surface area contributed by atoms with Gasteiger partial charge in [0.25, 0.3) is 0 Å². The molecule has 2 heterocycles. The monoisotopic (exact) mass is 748 g/mol. The first-order valence-electron chi connectivity index (χ1n) is 17.5. The molecule has 0 bridgehead atoms. The van der Waals surface area contributed by atoms with E-state index in [2.05, 4.69) is 30.8 Å². The average Bonchev–Trinajstić information content (AvgIpc) is 3.13. The number of carbonyl (C=O) groups is 5. The number of urea groups is 1. The zero-order chi connectivity index (χ0) is 38.5. The number of hydrogen-bond donors (Lipinski definition) is 6. The van der Waals surface area contributed by atoms with Gasteiger partial charge in [-0.25, -0.2) is 14.4 Å². The molecule has 2 aromatic rings. The molecule has 2 unspecified atom stereocenters. The van der Waals surface area contributed by atoms with E-state index in [1.807, 2.05) is 36.4 Å². The summed E-state index contributed by atoms with van der Waals surface area (Å²) in [6, 6.07) is 7.92. The molecule has 294 valence electrons. The molecule has 0 fully saturated rings. The molecule has 0 saturated heterocycles. The van der Waals surface area contributed by atoms with E-state index in [0.717, 1.165) is 17.9 Å². The Morgan fingerprint density at radius 3 is 1.64 bits per heavy atom. The van der Waals surface area contributed by atoms with E-state index in [-0.39, 0.29) is 38.3 Å². The predicted molar refractivity (Wildman–Crippen MR) is 189 cm³/mol. The summed E-state index contributed by atoms with van der Waals surface area (Å²) in [4.78, 5) is 68.6. The summed E-state index contributed by atoms with van der Waals surface area (Å²) in [6.45, 7) is 5.50. The Balaban J connectivity index is 1.43. The summed E-state index contributed by atoms with van der Waals surface area (Å²) in [7, 11) is 0. The number of amides is 3. The van der Waals surface area contributed by atoms with Crippen molar-refractivity contribution in [1.29, 1.82) is 0 Å². The number of pyridine rings is 2. The maximum atomic E-state index is 12.1. The smallest absolute Gasteiger partial charge is 0.326 e. The number of nitrogens with one attached hydrogen (secondary N) is 3. The summed E-state index contributed by atoms with van der Waals surface area (Å²) < 4.78 is 22.2. The lowest BCUT2D eigenvalue weighted by atomic mass is 10.1. The fourth-order valence-corrected chi connectivity index (χ4v) is 4.71. The fraction of sp³-hybridized carbons (Fsp3) is 0.571. The molecule has 18 nitrogen and oxygen atoms in total. The largest absolute Gasteiger partial charge is 0.481 e. The molecule has 0 aromatic carbocycles. The van der Waals surface area contributed by atoms with Crippen molar-refractivity contribution in [2.24, 2.45) is 0 Å². The van der Waals surface area contributed by atoms with Crippen molar-refractivity contribution in [1.82, 2.24) is 30.8 Å². The third-order valence-corrected chi connectivity index (χ3v) is 7.46. The van der Waals surface area contributed by atoms with Gasteiger partial charge in [-0.1, -0.05) is 12.1 Å². The number of carboxylic acid groups (broad SMARTS) is 3. The molecule has 2 rings (SSSR count). The zero-order valence-electron chi connectivity index (χ0n) is 29.9. The lowest BCUT2D eigenvalue weighted by molar-refractivity contribution is -0.140. The van der Waals surface area contributed by atoms with Crippen LogP contribution in [-0.2, 0) is 51.2 Å². The third-order valence-electron chi connectivity index (χ3n) is 7.46.